The maximum Gasteiger partial charge on any atom is 0.332 e. The summed E-state index contributed by atoms with van der Waals surface area (Å²) in [7, 11) is 0. The molecule has 2 aromatic carbocycles. The summed E-state index contributed by atoms with van der Waals surface area (Å²) < 4.78 is 31.3. The lowest BCUT2D eigenvalue weighted by atomic mass is 10.0. The van der Waals surface area contributed by atoms with Crippen LogP contribution in [-0.2, 0) is 19.1 Å². The first-order valence-corrected chi connectivity index (χ1v) is 17.5. The first-order chi connectivity index (χ1) is 24.7. The summed E-state index contributed by atoms with van der Waals surface area (Å²) in [6.45, 7) is 3.53. The number of aromatic nitrogens is 2. The lowest BCUT2D eigenvalue weighted by molar-refractivity contribution is -0.150. The summed E-state index contributed by atoms with van der Waals surface area (Å²) in [6.07, 6.45) is 7.14. The van der Waals surface area contributed by atoms with Gasteiger partial charge in [-0.05, 0) is 63.1 Å². The van der Waals surface area contributed by atoms with Gasteiger partial charge in [0.25, 0.3) is 5.91 Å². The van der Waals surface area contributed by atoms with Gasteiger partial charge in [0.2, 0.25) is 17.7 Å². The molecular formula is C38H40FN5O7. The third-order valence-electron chi connectivity index (χ3n) is 9.95. The number of esters is 1. The zero-order valence-electron chi connectivity index (χ0n) is 28.5. The van der Waals surface area contributed by atoms with E-state index in [2.05, 4.69) is 20.8 Å². The smallest absolute Gasteiger partial charge is 0.332 e. The van der Waals surface area contributed by atoms with Gasteiger partial charge in [-0.25, -0.2) is 14.2 Å². The normalized spacial score (nSPS) is 25.4. The van der Waals surface area contributed by atoms with Gasteiger partial charge in [-0.1, -0.05) is 48.3 Å². The molecule has 1 saturated carbocycles. The number of carbonyl (C=O) groups is 4. The van der Waals surface area contributed by atoms with E-state index in [0.29, 0.717) is 35.9 Å². The van der Waals surface area contributed by atoms with E-state index in [4.69, 9.17) is 14.0 Å². The Labute approximate surface area is 293 Å². The summed E-state index contributed by atoms with van der Waals surface area (Å²) in [6, 6.07) is 11.3. The average molecular weight is 698 g/mol. The molecule has 7 rings (SSSR count). The Kier molecular flexibility index (Phi) is 9.45. The van der Waals surface area contributed by atoms with Crippen molar-refractivity contribution < 1.29 is 37.6 Å². The van der Waals surface area contributed by atoms with Gasteiger partial charge in [-0.15, -0.1) is 0 Å². The van der Waals surface area contributed by atoms with E-state index in [1.54, 1.807) is 19.9 Å². The highest BCUT2D eigenvalue weighted by Gasteiger charge is 2.62. The molecular weight excluding hydrogens is 657 g/mol. The molecule has 266 valence electrons. The first kappa shape index (κ1) is 34.1. The number of amides is 3. The monoisotopic (exact) mass is 697 g/mol. The van der Waals surface area contributed by atoms with Gasteiger partial charge in [-0.2, -0.15) is 0 Å². The maximum absolute atomic E-state index is 14.5. The van der Waals surface area contributed by atoms with Gasteiger partial charge in [0.15, 0.2) is 5.69 Å². The lowest BCUT2D eigenvalue weighted by Gasteiger charge is -2.29. The SMILES string of the molecule is CCOC(=O)[C@@]12C[C@H]1C=CCCCCC[C@H](NC(=O)c1cc(C)on1)C(=O)N1C[C@H](Oc3nc4cc(F)ccc4c4ccccc34)C[C@H]1C(=O)N2. The molecule has 2 aromatic heterocycles. The van der Waals surface area contributed by atoms with Crippen LogP contribution in [0.25, 0.3) is 21.7 Å². The molecule has 5 atom stereocenters. The van der Waals surface area contributed by atoms with Gasteiger partial charge in [0.1, 0.15) is 35.3 Å². The molecule has 2 N–H and O–H groups in total. The summed E-state index contributed by atoms with van der Waals surface area (Å²) in [5.41, 5.74) is -0.795. The quantitative estimate of drug-likeness (QED) is 0.162. The van der Waals surface area contributed by atoms with Crippen molar-refractivity contribution in [3.63, 3.8) is 0 Å². The number of ether oxygens (including phenoxy) is 2. The van der Waals surface area contributed by atoms with Gasteiger partial charge < -0.3 is 29.5 Å². The number of aryl methyl sites for hydroxylation is 1. The standard InChI is InChI=1S/C38H40FN5O7/c1-3-49-37(48)38-20-23(38)11-7-5-4-6-8-14-29(40-33(45)31-17-22(2)51-43-31)36(47)44-21-25(19-32(44)34(46)42-38)50-35-28-13-10-9-12-26(28)27-16-15-24(39)18-30(27)41-35/h7,9-13,15-18,23,25,29,32H,3-6,8,14,19-21H2,1-2H3,(H,40,45)(H,42,46)/t23-,25-,29+,32+,38-/m1/s1. The van der Waals surface area contributed by atoms with Crippen LogP contribution >= 0.6 is 0 Å². The lowest BCUT2D eigenvalue weighted by Crippen LogP contribution is -2.56. The predicted octanol–water partition coefficient (Wildman–Crippen LogP) is 4.93. The van der Waals surface area contributed by atoms with Crippen molar-refractivity contribution in [2.75, 3.05) is 13.2 Å². The third-order valence-corrected chi connectivity index (χ3v) is 9.95. The molecule has 3 amide bonds. The molecule has 4 aromatic rings. The number of pyridine rings is 1. The van der Waals surface area contributed by atoms with Gasteiger partial charge in [-0.3, -0.25) is 14.4 Å². The van der Waals surface area contributed by atoms with Crippen molar-refractivity contribution in [2.24, 2.45) is 5.92 Å². The Morgan fingerprint density at radius 2 is 1.92 bits per heavy atom. The van der Waals surface area contributed by atoms with Crippen LogP contribution in [0.4, 0.5) is 4.39 Å². The number of carbonyl (C=O) groups excluding carboxylic acids is 4. The molecule has 2 aliphatic heterocycles. The van der Waals surface area contributed by atoms with Crippen LogP contribution in [0.2, 0.25) is 0 Å². The van der Waals surface area contributed by atoms with E-state index in [1.807, 2.05) is 36.4 Å². The number of allylic oxidation sites excluding steroid dienone is 1. The third kappa shape index (κ3) is 6.89. The molecule has 0 radical (unpaired) electrons. The molecule has 3 aliphatic rings. The summed E-state index contributed by atoms with van der Waals surface area (Å²) in [5.74, 6) is -2.07. The van der Waals surface area contributed by atoms with Crippen molar-refractivity contribution in [3.8, 4) is 5.88 Å². The van der Waals surface area contributed by atoms with Crippen molar-refractivity contribution >= 4 is 45.4 Å². The van der Waals surface area contributed by atoms with E-state index in [9.17, 15) is 23.6 Å². The predicted molar refractivity (Wildman–Crippen MR) is 184 cm³/mol. The second kappa shape index (κ2) is 14.1. The van der Waals surface area contributed by atoms with Crippen LogP contribution < -0.4 is 15.4 Å². The number of rotatable bonds is 6. The average Bonchev–Trinajstić information content (AvgIpc) is 3.39. The van der Waals surface area contributed by atoms with E-state index in [0.717, 1.165) is 30.0 Å². The first-order valence-electron chi connectivity index (χ1n) is 17.5. The number of halogens is 1. The van der Waals surface area contributed by atoms with Crippen LogP contribution in [0.15, 0.2) is 65.2 Å². The van der Waals surface area contributed by atoms with Gasteiger partial charge in [0.05, 0.1) is 18.7 Å². The fraction of sp³-hybridized carbons (Fsp3) is 0.421. The van der Waals surface area contributed by atoms with E-state index in [1.165, 1.54) is 23.1 Å². The minimum absolute atomic E-state index is 0.000703. The van der Waals surface area contributed by atoms with Crippen LogP contribution in [-0.4, -0.2) is 75.6 Å². The molecule has 0 unspecified atom stereocenters. The highest BCUT2D eigenvalue weighted by molar-refractivity contribution is 6.07. The molecule has 1 saturated heterocycles. The molecule has 2 fully saturated rings. The molecule has 13 heteroatoms. The van der Waals surface area contributed by atoms with Crippen LogP contribution in [0.1, 0.15) is 68.1 Å². The largest absolute Gasteiger partial charge is 0.472 e. The number of fused-ring (bicyclic) bond motifs is 5. The maximum atomic E-state index is 14.5. The van der Waals surface area contributed by atoms with Gasteiger partial charge in [0, 0.05) is 35.2 Å². The van der Waals surface area contributed by atoms with Crippen LogP contribution in [0.3, 0.4) is 0 Å². The number of hydrogen-bond donors (Lipinski definition) is 2. The fourth-order valence-electron chi connectivity index (χ4n) is 7.25. The van der Waals surface area contributed by atoms with Crippen LogP contribution in [0, 0.1) is 18.7 Å². The van der Waals surface area contributed by atoms with Crippen LogP contribution in [0.5, 0.6) is 5.88 Å². The minimum atomic E-state index is -1.24. The Morgan fingerprint density at radius 1 is 1.10 bits per heavy atom. The van der Waals surface area contributed by atoms with Gasteiger partial charge >= 0.3 is 5.97 Å². The fourth-order valence-corrected chi connectivity index (χ4v) is 7.25. The molecule has 4 heterocycles. The Hall–Kier alpha value is -5.33. The van der Waals surface area contributed by atoms with Crippen molar-refractivity contribution in [1.82, 2.24) is 25.7 Å². The summed E-state index contributed by atoms with van der Waals surface area (Å²) in [5, 5.41) is 11.9. The number of benzene rings is 2. The molecule has 0 bridgehead atoms. The van der Waals surface area contributed by atoms with Crippen molar-refractivity contribution in [3.05, 3.63) is 78.0 Å². The number of nitrogens with zero attached hydrogens (tertiary/aromatic N) is 3. The topological polar surface area (TPSA) is 153 Å². The Morgan fingerprint density at radius 3 is 2.71 bits per heavy atom. The number of hydrogen-bond acceptors (Lipinski definition) is 9. The molecule has 12 nitrogen and oxygen atoms in total. The van der Waals surface area contributed by atoms with E-state index >= 15 is 0 Å². The number of nitrogens with one attached hydrogen (secondary N) is 2. The van der Waals surface area contributed by atoms with Crippen molar-refractivity contribution in [2.45, 2.75) is 82.5 Å². The molecule has 1 aliphatic carbocycles. The van der Waals surface area contributed by atoms with E-state index < -0.39 is 53.2 Å². The van der Waals surface area contributed by atoms with E-state index in [-0.39, 0.29) is 37.1 Å². The zero-order valence-corrected chi connectivity index (χ0v) is 28.5. The Balaban J connectivity index is 1.23. The second-order valence-electron chi connectivity index (χ2n) is 13.5. The Bertz CT molecular complexity index is 2030. The summed E-state index contributed by atoms with van der Waals surface area (Å²) >= 11 is 0. The molecule has 51 heavy (non-hydrogen) atoms. The second-order valence-corrected chi connectivity index (χ2v) is 13.5. The minimum Gasteiger partial charge on any atom is -0.472 e. The summed E-state index contributed by atoms with van der Waals surface area (Å²) in [4.78, 5) is 61.3. The van der Waals surface area contributed by atoms with Crippen molar-refractivity contribution in [1.29, 1.82) is 0 Å². The molecule has 0 spiro atoms. The zero-order chi connectivity index (χ0) is 35.7. The highest BCUT2D eigenvalue weighted by Crippen LogP contribution is 2.46. The highest BCUT2D eigenvalue weighted by atomic mass is 19.1.